The predicted octanol–water partition coefficient (Wildman–Crippen LogP) is 4.34. The third-order valence-electron chi connectivity index (χ3n) is 4.81. The van der Waals surface area contributed by atoms with E-state index in [2.05, 4.69) is 4.98 Å². The van der Waals surface area contributed by atoms with Gasteiger partial charge in [-0.25, -0.2) is 4.79 Å². The summed E-state index contributed by atoms with van der Waals surface area (Å²) in [6, 6.07) is 12.2. The number of carbonyl (C=O) groups is 1. The van der Waals surface area contributed by atoms with Gasteiger partial charge in [0.1, 0.15) is 11.3 Å². The molecule has 5 nitrogen and oxygen atoms in total. The van der Waals surface area contributed by atoms with Crippen LogP contribution in [0.15, 0.2) is 57.9 Å². The van der Waals surface area contributed by atoms with Gasteiger partial charge in [-0.15, -0.1) is 0 Å². The molecule has 3 aromatic rings. The molecule has 132 valence electrons. The number of benzene rings is 1. The van der Waals surface area contributed by atoms with Crippen LogP contribution in [0, 0.1) is 5.92 Å². The fraction of sp³-hybridized carbons (Fsp3) is 0.286. The van der Waals surface area contributed by atoms with Crippen LogP contribution in [-0.2, 0) is 4.79 Å². The Morgan fingerprint density at radius 3 is 2.69 bits per heavy atom. The van der Waals surface area contributed by atoms with E-state index in [9.17, 15) is 9.59 Å². The van der Waals surface area contributed by atoms with Crippen molar-refractivity contribution < 1.29 is 13.9 Å². The third kappa shape index (κ3) is 3.38. The second-order valence-electron chi connectivity index (χ2n) is 6.62. The zero-order valence-electron chi connectivity index (χ0n) is 14.3. The van der Waals surface area contributed by atoms with Gasteiger partial charge in [-0.1, -0.05) is 25.3 Å². The van der Waals surface area contributed by atoms with Crippen molar-refractivity contribution in [2.24, 2.45) is 5.92 Å². The molecule has 4 rings (SSSR count). The number of rotatable bonds is 3. The third-order valence-corrected chi connectivity index (χ3v) is 4.81. The van der Waals surface area contributed by atoms with Crippen molar-refractivity contribution in [3.05, 3.63) is 59.1 Å². The lowest BCUT2D eigenvalue weighted by atomic mass is 9.89. The Labute approximate surface area is 150 Å². The van der Waals surface area contributed by atoms with Gasteiger partial charge in [0.2, 0.25) is 0 Å². The van der Waals surface area contributed by atoms with Gasteiger partial charge in [0, 0.05) is 17.6 Å². The van der Waals surface area contributed by atoms with Gasteiger partial charge in [0.25, 0.3) is 0 Å². The van der Waals surface area contributed by atoms with Crippen molar-refractivity contribution in [2.45, 2.75) is 32.1 Å². The van der Waals surface area contributed by atoms with Gasteiger partial charge < -0.3 is 9.15 Å². The summed E-state index contributed by atoms with van der Waals surface area (Å²) in [5.74, 6) is 0.177. The average molecular weight is 349 g/mol. The summed E-state index contributed by atoms with van der Waals surface area (Å²) in [6.07, 6.45) is 6.73. The molecule has 2 aromatic heterocycles. The van der Waals surface area contributed by atoms with E-state index in [4.69, 9.17) is 9.15 Å². The van der Waals surface area contributed by atoms with Crippen LogP contribution in [-0.4, -0.2) is 11.0 Å². The summed E-state index contributed by atoms with van der Waals surface area (Å²) in [6.45, 7) is 0. The van der Waals surface area contributed by atoms with Crippen molar-refractivity contribution in [3.8, 4) is 17.0 Å². The number of fused-ring (bicyclic) bond motifs is 1. The molecule has 0 unspecified atom stereocenters. The molecule has 0 N–H and O–H groups in total. The summed E-state index contributed by atoms with van der Waals surface area (Å²) in [7, 11) is 0. The molecule has 1 aliphatic carbocycles. The molecule has 1 saturated carbocycles. The molecule has 26 heavy (non-hydrogen) atoms. The van der Waals surface area contributed by atoms with Crippen LogP contribution >= 0.6 is 0 Å². The second kappa shape index (κ2) is 7.12. The van der Waals surface area contributed by atoms with E-state index >= 15 is 0 Å². The SMILES string of the molecule is O=C(Oc1ccc2cc(-c3ccccn3)c(=O)oc2c1)C1CCCCC1. The van der Waals surface area contributed by atoms with E-state index in [0.29, 0.717) is 22.6 Å². The minimum absolute atomic E-state index is 0.0296. The van der Waals surface area contributed by atoms with Crippen molar-refractivity contribution >= 4 is 16.9 Å². The van der Waals surface area contributed by atoms with E-state index in [1.165, 1.54) is 6.42 Å². The van der Waals surface area contributed by atoms with Crippen molar-refractivity contribution in [2.75, 3.05) is 0 Å². The summed E-state index contributed by atoms with van der Waals surface area (Å²) in [5.41, 5.74) is 0.900. The minimum Gasteiger partial charge on any atom is -0.426 e. The number of hydrogen-bond donors (Lipinski definition) is 0. The predicted molar refractivity (Wildman–Crippen MR) is 97.9 cm³/mol. The Balaban J connectivity index is 1.61. The highest BCUT2D eigenvalue weighted by Crippen LogP contribution is 2.27. The maximum atomic E-state index is 12.3. The van der Waals surface area contributed by atoms with Crippen LogP contribution in [0.3, 0.4) is 0 Å². The molecule has 2 heterocycles. The molecule has 0 saturated heterocycles. The van der Waals surface area contributed by atoms with Crippen molar-refractivity contribution in [1.82, 2.24) is 4.98 Å². The molecule has 5 heteroatoms. The highest BCUT2D eigenvalue weighted by atomic mass is 16.5. The first-order chi connectivity index (χ1) is 12.7. The monoisotopic (exact) mass is 349 g/mol. The number of nitrogens with zero attached hydrogens (tertiary/aromatic N) is 1. The van der Waals surface area contributed by atoms with Crippen LogP contribution in [0.2, 0.25) is 0 Å². The summed E-state index contributed by atoms with van der Waals surface area (Å²) >= 11 is 0. The minimum atomic E-state index is -0.466. The van der Waals surface area contributed by atoms with Crippen molar-refractivity contribution in [3.63, 3.8) is 0 Å². The zero-order chi connectivity index (χ0) is 17.9. The highest BCUT2D eigenvalue weighted by molar-refractivity contribution is 5.83. The Morgan fingerprint density at radius 1 is 1.08 bits per heavy atom. The van der Waals surface area contributed by atoms with Crippen molar-refractivity contribution in [1.29, 1.82) is 0 Å². The Bertz CT molecular complexity index is 988. The first-order valence-corrected chi connectivity index (χ1v) is 8.92. The largest absolute Gasteiger partial charge is 0.426 e. The van der Waals surface area contributed by atoms with Crippen LogP contribution in [0.25, 0.3) is 22.2 Å². The lowest BCUT2D eigenvalue weighted by Gasteiger charge is -2.19. The Hall–Kier alpha value is -2.95. The first-order valence-electron chi connectivity index (χ1n) is 8.92. The van der Waals surface area contributed by atoms with Gasteiger partial charge in [-0.3, -0.25) is 9.78 Å². The van der Waals surface area contributed by atoms with Crippen LogP contribution < -0.4 is 10.4 Å². The van der Waals surface area contributed by atoms with E-state index in [-0.39, 0.29) is 11.9 Å². The normalized spacial score (nSPS) is 15.1. The second-order valence-corrected chi connectivity index (χ2v) is 6.62. The molecule has 1 fully saturated rings. The maximum Gasteiger partial charge on any atom is 0.345 e. The molecule has 1 aromatic carbocycles. The van der Waals surface area contributed by atoms with E-state index in [1.54, 1.807) is 42.6 Å². The van der Waals surface area contributed by atoms with Crippen LogP contribution in [0.5, 0.6) is 5.75 Å². The number of aromatic nitrogens is 1. The molecule has 0 spiro atoms. The number of carbonyl (C=O) groups excluding carboxylic acids is 1. The molecule has 0 radical (unpaired) electrons. The van der Waals surface area contributed by atoms with Gasteiger partial charge in [0.05, 0.1) is 17.2 Å². The van der Waals surface area contributed by atoms with Gasteiger partial charge in [-0.2, -0.15) is 0 Å². The molecule has 0 aliphatic heterocycles. The fourth-order valence-electron chi connectivity index (χ4n) is 3.39. The molecule has 0 atom stereocenters. The lowest BCUT2D eigenvalue weighted by Crippen LogP contribution is -2.22. The number of ether oxygens (including phenoxy) is 1. The van der Waals surface area contributed by atoms with E-state index < -0.39 is 5.63 Å². The Morgan fingerprint density at radius 2 is 1.92 bits per heavy atom. The number of esters is 1. The Kier molecular flexibility index (Phi) is 4.52. The average Bonchev–Trinajstić information content (AvgIpc) is 2.69. The summed E-state index contributed by atoms with van der Waals surface area (Å²) in [5, 5.41) is 0.753. The zero-order valence-corrected chi connectivity index (χ0v) is 14.3. The van der Waals surface area contributed by atoms with Crippen LogP contribution in [0.4, 0.5) is 0 Å². The standard InChI is InChI=1S/C21H19NO4/c23-20(14-6-2-1-3-7-14)25-16-10-9-15-12-17(18-8-4-5-11-22-18)21(24)26-19(15)13-16/h4-5,8-14H,1-3,6-7H2. The smallest absolute Gasteiger partial charge is 0.345 e. The summed E-state index contributed by atoms with van der Waals surface area (Å²) < 4.78 is 10.9. The molecule has 0 bridgehead atoms. The maximum absolute atomic E-state index is 12.3. The molecule has 0 amide bonds. The lowest BCUT2D eigenvalue weighted by molar-refractivity contribution is -0.139. The summed E-state index contributed by atoms with van der Waals surface area (Å²) in [4.78, 5) is 28.8. The fourth-order valence-corrected chi connectivity index (χ4v) is 3.39. The number of pyridine rings is 1. The van der Waals surface area contributed by atoms with E-state index in [1.807, 2.05) is 6.07 Å². The first kappa shape index (κ1) is 16.5. The van der Waals surface area contributed by atoms with E-state index in [0.717, 1.165) is 31.1 Å². The van der Waals surface area contributed by atoms with Gasteiger partial charge >= 0.3 is 11.6 Å². The quantitative estimate of drug-likeness (QED) is 0.400. The molecular formula is C21H19NO4. The topological polar surface area (TPSA) is 69.4 Å². The van der Waals surface area contributed by atoms with Gasteiger partial charge in [-0.05, 0) is 43.2 Å². The molecular weight excluding hydrogens is 330 g/mol. The molecule has 1 aliphatic rings. The van der Waals surface area contributed by atoms with Crippen LogP contribution in [0.1, 0.15) is 32.1 Å². The highest BCUT2D eigenvalue weighted by Gasteiger charge is 2.23. The number of hydrogen-bond acceptors (Lipinski definition) is 5. The van der Waals surface area contributed by atoms with Gasteiger partial charge in [0.15, 0.2) is 0 Å².